The van der Waals surface area contributed by atoms with Gasteiger partial charge in [-0.15, -0.1) is 0 Å². The Balaban J connectivity index is 2.03. The molecule has 0 fully saturated rings. The summed E-state index contributed by atoms with van der Waals surface area (Å²) in [6.07, 6.45) is 1.83. The van der Waals surface area contributed by atoms with E-state index in [4.69, 9.17) is 23.8 Å². The summed E-state index contributed by atoms with van der Waals surface area (Å²) in [6.45, 7) is 1.98. The fourth-order valence-electron chi connectivity index (χ4n) is 1.51. The Hall–Kier alpha value is -1.65. The molecule has 2 rings (SSSR count). The summed E-state index contributed by atoms with van der Waals surface area (Å²) in [7, 11) is 0. The van der Waals surface area contributed by atoms with E-state index in [1.54, 1.807) is 0 Å². The molecule has 1 aromatic heterocycles. The summed E-state index contributed by atoms with van der Waals surface area (Å²) in [5, 5.41) is 7.44. The number of nitrogens with one attached hydrogen (secondary N) is 3. The molecule has 1 heterocycles. The molecule has 0 unspecified atom stereocenters. The first-order valence-corrected chi connectivity index (χ1v) is 6.24. The van der Waals surface area contributed by atoms with E-state index >= 15 is 0 Å². The highest BCUT2D eigenvalue weighted by Gasteiger charge is 2.07. The van der Waals surface area contributed by atoms with E-state index in [9.17, 15) is 0 Å². The second-order valence-corrected chi connectivity index (χ2v) is 4.66. The standard InChI is InChI=1S/C13H12ClN3S/c1-9-8-10(14)5-6-11(9)16-13(18)17-12-4-2-3-7-15-12/h2-8H,1H3,(H2,15,16,17,18)/p+1. The maximum Gasteiger partial charge on any atom is 0.279 e. The molecule has 18 heavy (non-hydrogen) atoms. The van der Waals surface area contributed by atoms with Gasteiger partial charge in [-0.3, -0.25) is 0 Å². The van der Waals surface area contributed by atoms with Crippen LogP contribution >= 0.6 is 23.8 Å². The number of hydrogen-bond acceptors (Lipinski definition) is 1. The number of anilines is 2. The quantitative estimate of drug-likeness (QED) is 0.828. The Morgan fingerprint density at radius 1 is 1.22 bits per heavy atom. The molecule has 0 saturated heterocycles. The smallest absolute Gasteiger partial charge is 0.279 e. The zero-order valence-corrected chi connectivity index (χ0v) is 11.4. The molecule has 0 amide bonds. The lowest BCUT2D eigenvalue weighted by Crippen LogP contribution is -2.23. The van der Waals surface area contributed by atoms with Crippen molar-refractivity contribution in [1.29, 1.82) is 0 Å². The van der Waals surface area contributed by atoms with Crippen molar-refractivity contribution in [2.24, 2.45) is 0 Å². The van der Waals surface area contributed by atoms with E-state index in [-0.39, 0.29) is 0 Å². The van der Waals surface area contributed by atoms with E-state index in [0.29, 0.717) is 10.1 Å². The number of aromatic nitrogens is 1. The van der Waals surface area contributed by atoms with Gasteiger partial charge in [-0.05, 0) is 49.0 Å². The average molecular weight is 279 g/mol. The molecular formula is C13H13ClN3S+. The number of thiocarbonyl (C=S) groups is 1. The van der Waals surface area contributed by atoms with Crippen molar-refractivity contribution in [3.63, 3.8) is 0 Å². The monoisotopic (exact) mass is 278 g/mol. The molecule has 5 heteroatoms. The Morgan fingerprint density at radius 3 is 2.72 bits per heavy atom. The van der Waals surface area contributed by atoms with Crippen LogP contribution < -0.4 is 15.6 Å². The van der Waals surface area contributed by atoms with Gasteiger partial charge in [0.25, 0.3) is 10.9 Å². The zero-order chi connectivity index (χ0) is 13.0. The highest BCUT2D eigenvalue weighted by atomic mass is 35.5. The molecule has 0 atom stereocenters. The minimum absolute atomic E-state index is 0.530. The lowest BCUT2D eigenvalue weighted by molar-refractivity contribution is -0.360. The van der Waals surface area contributed by atoms with Crippen LogP contribution in [0.5, 0.6) is 0 Å². The first-order chi connectivity index (χ1) is 8.65. The first-order valence-electron chi connectivity index (χ1n) is 5.46. The number of hydrogen-bond donors (Lipinski definition) is 2. The highest BCUT2D eigenvalue weighted by Crippen LogP contribution is 2.19. The van der Waals surface area contributed by atoms with E-state index in [2.05, 4.69) is 15.6 Å². The molecule has 3 nitrogen and oxygen atoms in total. The van der Waals surface area contributed by atoms with Crippen LogP contribution in [0.4, 0.5) is 11.5 Å². The van der Waals surface area contributed by atoms with Gasteiger partial charge in [-0.1, -0.05) is 17.7 Å². The van der Waals surface area contributed by atoms with E-state index in [1.807, 2.05) is 49.5 Å². The zero-order valence-electron chi connectivity index (χ0n) is 9.83. The second-order valence-electron chi connectivity index (χ2n) is 3.81. The average Bonchev–Trinajstić information content (AvgIpc) is 2.34. The molecule has 0 saturated carbocycles. The predicted molar refractivity (Wildman–Crippen MR) is 79.0 cm³/mol. The predicted octanol–water partition coefficient (Wildman–Crippen LogP) is 3.27. The number of rotatable bonds is 2. The van der Waals surface area contributed by atoms with Crippen LogP contribution in [0.2, 0.25) is 5.02 Å². The lowest BCUT2D eigenvalue weighted by atomic mass is 10.2. The van der Waals surface area contributed by atoms with Gasteiger partial charge in [0.2, 0.25) is 0 Å². The van der Waals surface area contributed by atoms with Crippen molar-refractivity contribution in [2.45, 2.75) is 6.92 Å². The van der Waals surface area contributed by atoms with Crippen molar-refractivity contribution in [3.8, 4) is 0 Å². The largest absolute Gasteiger partial charge is 0.313 e. The Bertz CT molecular complexity index is 557. The molecular weight excluding hydrogens is 266 g/mol. The maximum absolute atomic E-state index is 5.90. The minimum atomic E-state index is 0.530. The van der Waals surface area contributed by atoms with Crippen molar-refractivity contribution >= 4 is 40.4 Å². The number of aromatic amines is 1. The van der Waals surface area contributed by atoms with Crippen molar-refractivity contribution in [2.75, 3.05) is 10.6 Å². The number of benzene rings is 1. The molecule has 2 aromatic rings. The van der Waals surface area contributed by atoms with Gasteiger partial charge in [0.15, 0.2) is 0 Å². The third kappa shape index (κ3) is 3.42. The third-order valence-electron chi connectivity index (χ3n) is 2.39. The number of H-pyrrole nitrogens is 1. The molecule has 0 aliphatic heterocycles. The van der Waals surface area contributed by atoms with Crippen molar-refractivity contribution in [1.82, 2.24) is 0 Å². The van der Waals surface area contributed by atoms with Gasteiger partial charge in [0.1, 0.15) is 0 Å². The Morgan fingerprint density at radius 2 is 2.06 bits per heavy atom. The minimum Gasteiger partial charge on any atom is -0.313 e. The van der Waals surface area contributed by atoms with Crippen LogP contribution in [-0.2, 0) is 0 Å². The van der Waals surface area contributed by atoms with Gasteiger partial charge >= 0.3 is 0 Å². The number of pyridine rings is 1. The van der Waals surface area contributed by atoms with Gasteiger partial charge in [-0.2, -0.15) is 0 Å². The molecule has 0 radical (unpaired) electrons. The molecule has 92 valence electrons. The molecule has 0 aliphatic carbocycles. The summed E-state index contributed by atoms with van der Waals surface area (Å²) in [4.78, 5) is 3.05. The molecule has 0 spiro atoms. The molecule has 1 aromatic carbocycles. The summed E-state index contributed by atoms with van der Waals surface area (Å²) < 4.78 is 0. The van der Waals surface area contributed by atoms with Crippen LogP contribution in [0.1, 0.15) is 5.56 Å². The molecule has 0 bridgehead atoms. The fraction of sp³-hybridized carbons (Fsp3) is 0.0769. The van der Waals surface area contributed by atoms with E-state index < -0.39 is 0 Å². The topological polar surface area (TPSA) is 38.2 Å². The van der Waals surface area contributed by atoms with Crippen LogP contribution in [0.15, 0.2) is 42.6 Å². The summed E-state index contributed by atoms with van der Waals surface area (Å²) in [5.74, 6) is 0.835. The van der Waals surface area contributed by atoms with Crippen molar-refractivity contribution in [3.05, 3.63) is 53.2 Å². The van der Waals surface area contributed by atoms with Gasteiger partial charge in [0, 0.05) is 16.8 Å². The number of halogens is 1. The fourth-order valence-corrected chi connectivity index (χ4v) is 1.96. The summed E-state index contributed by atoms with van der Waals surface area (Å²) >= 11 is 11.1. The number of aryl methyl sites for hydroxylation is 1. The highest BCUT2D eigenvalue weighted by molar-refractivity contribution is 7.80. The molecule has 0 aliphatic rings. The van der Waals surface area contributed by atoms with E-state index in [1.165, 1.54) is 0 Å². The van der Waals surface area contributed by atoms with Crippen LogP contribution in [0.3, 0.4) is 0 Å². The third-order valence-corrected chi connectivity index (χ3v) is 2.83. The maximum atomic E-state index is 5.90. The molecule has 3 N–H and O–H groups in total. The van der Waals surface area contributed by atoms with Crippen LogP contribution in [-0.4, -0.2) is 5.11 Å². The Labute approximate surface area is 116 Å². The van der Waals surface area contributed by atoms with E-state index in [0.717, 1.165) is 17.1 Å². The Kier molecular flexibility index (Phi) is 4.12. The van der Waals surface area contributed by atoms with Gasteiger partial charge in [0.05, 0.1) is 6.20 Å². The SMILES string of the molecule is Cc1cc(Cl)ccc1NC(=S)Nc1cccc[nH+]1. The van der Waals surface area contributed by atoms with Crippen molar-refractivity contribution < 1.29 is 4.98 Å². The first kappa shape index (κ1) is 12.8. The lowest BCUT2D eigenvalue weighted by Gasteiger charge is -2.08. The summed E-state index contributed by atoms with van der Waals surface area (Å²) in [5.41, 5.74) is 1.98. The second kappa shape index (κ2) is 5.80. The van der Waals surface area contributed by atoms with Crippen LogP contribution in [0.25, 0.3) is 0 Å². The van der Waals surface area contributed by atoms with Gasteiger partial charge in [-0.25, -0.2) is 10.3 Å². The summed E-state index contributed by atoms with van der Waals surface area (Å²) in [6, 6.07) is 11.4. The van der Waals surface area contributed by atoms with Crippen LogP contribution in [0, 0.1) is 6.92 Å². The normalized spacial score (nSPS) is 9.89. The van der Waals surface area contributed by atoms with Gasteiger partial charge < -0.3 is 5.32 Å².